The SMILES string of the molecule is [C+]#CC(=O)OCC. The molecule has 0 bridgehead atoms. The van der Waals surface area contributed by atoms with Crippen molar-refractivity contribution in [2.24, 2.45) is 0 Å². The van der Waals surface area contributed by atoms with Crippen LogP contribution >= 0.6 is 0 Å². The molecule has 0 fully saturated rings. The average molecular weight is 97.1 g/mol. The second-order valence-corrected chi connectivity index (χ2v) is 0.845. The van der Waals surface area contributed by atoms with Gasteiger partial charge in [0, 0.05) is 0 Å². The molecule has 0 aliphatic heterocycles. The van der Waals surface area contributed by atoms with Gasteiger partial charge in [0.05, 0.1) is 0 Å². The van der Waals surface area contributed by atoms with Gasteiger partial charge in [-0.25, -0.2) is 0 Å². The second-order valence-electron chi connectivity index (χ2n) is 0.845. The van der Waals surface area contributed by atoms with Crippen molar-refractivity contribution in [3.63, 3.8) is 0 Å². The molecule has 0 rings (SSSR count). The van der Waals surface area contributed by atoms with Gasteiger partial charge in [-0.15, -0.1) is 0 Å². The van der Waals surface area contributed by atoms with Crippen LogP contribution in [0.4, 0.5) is 0 Å². The summed E-state index contributed by atoms with van der Waals surface area (Å²) in [6.07, 6.45) is 6.19. The molecule has 0 radical (unpaired) electrons. The molecular formula is C5H5O2+. The van der Waals surface area contributed by atoms with Crippen LogP contribution in [0.5, 0.6) is 0 Å². The van der Waals surface area contributed by atoms with Gasteiger partial charge in [0.25, 0.3) is 0 Å². The summed E-state index contributed by atoms with van der Waals surface area (Å²) in [5, 5.41) is 0. The fourth-order valence-corrected chi connectivity index (χ4v) is 0.167. The van der Waals surface area contributed by atoms with E-state index in [0.29, 0.717) is 6.61 Å². The van der Waals surface area contributed by atoms with Gasteiger partial charge in [-0.1, -0.05) is 0 Å². The predicted molar refractivity (Wildman–Crippen MR) is 23.8 cm³/mol. The minimum absolute atomic E-state index is 0.310. The van der Waals surface area contributed by atoms with Crippen molar-refractivity contribution in [1.82, 2.24) is 0 Å². The van der Waals surface area contributed by atoms with E-state index in [0.717, 1.165) is 0 Å². The monoisotopic (exact) mass is 97.0 g/mol. The van der Waals surface area contributed by atoms with E-state index >= 15 is 0 Å². The van der Waals surface area contributed by atoms with Gasteiger partial charge in [-0.05, 0) is 0 Å². The minimum atomic E-state index is -0.706. The van der Waals surface area contributed by atoms with Crippen LogP contribution in [0, 0.1) is 12.3 Å². The summed E-state index contributed by atoms with van der Waals surface area (Å²) in [6, 6.07) is 0. The van der Waals surface area contributed by atoms with Crippen molar-refractivity contribution in [2.75, 3.05) is 6.61 Å². The summed E-state index contributed by atoms with van der Waals surface area (Å²) >= 11 is 0. The summed E-state index contributed by atoms with van der Waals surface area (Å²) in [6.45, 7) is 1.99. The Morgan fingerprint density at radius 3 is 2.71 bits per heavy atom. The number of hydrogen-bond donors (Lipinski definition) is 0. The van der Waals surface area contributed by atoms with Crippen LogP contribution in [0.3, 0.4) is 0 Å². The van der Waals surface area contributed by atoms with Gasteiger partial charge in [-0.2, -0.15) is 0 Å². The van der Waals surface area contributed by atoms with E-state index in [1.165, 1.54) is 0 Å². The van der Waals surface area contributed by atoms with E-state index in [2.05, 4.69) is 4.74 Å². The van der Waals surface area contributed by atoms with Crippen molar-refractivity contribution in [2.45, 2.75) is 6.92 Å². The van der Waals surface area contributed by atoms with Crippen molar-refractivity contribution >= 4 is 5.97 Å². The molecule has 0 N–H and O–H groups in total. The first-order chi connectivity index (χ1) is 3.31. The van der Waals surface area contributed by atoms with E-state index in [9.17, 15) is 4.79 Å². The van der Waals surface area contributed by atoms with E-state index < -0.39 is 5.97 Å². The summed E-state index contributed by atoms with van der Waals surface area (Å²) in [5.74, 6) is 0.849. The number of ether oxygens (including phenoxy) is 1. The maximum absolute atomic E-state index is 9.89. The molecule has 0 aromatic heterocycles. The Morgan fingerprint density at radius 2 is 2.57 bits per heavy atom. The normalized spacial score (nSPS) is 7.29. The number of carbonyl (C=O) groups is 1. The van der Waals surface area contributed by atoms with Crippen LogP contribution in [-0.2, 0) is 9.53 Å². The first-order valence-corrected chi connectivity index (χ1v) is 1.90. The number of hydrogen-bond acceptors (Lipinski definition) is 2. The zero-order chi connectivity index (χ0) is 5.70. The Balaban J connectivity index is 3.24. The molecule has 36 valence electrons. The predicted octanol–water partition coefficient (Wildman–Crippen LogP) is 0.139. The van der Waals surface area contributed by atoms with Gasteiger partial charge >= 0.3 is 41.4 Å². The van der Waals surface area contributed by atoms with E-state index in [1.807, 2.05) is 0 Å². The van der Waals surface area contributed by atoms with E-state index in [-0.39, 0.29) is 0 Å². The summed E-state index contributed by atoms with van der Waals surface area (Å²) in [7, 11) is 0. The summed E-state index contributed by atoms with van der Waals surface area (Å²) in [5.41, 5.74) is 0. The summed E-state index contributed by atoms with van der Waals surface area (Å²) in [4.78, 5) is 9.89. The Morgan fingerprint density at radius 1 is 2.00 bits per heavy atom. The van der Waals surface area contributed by atoms with Crippen LogP contribution in [0.1, 0.15) is 6.92 Å². The fraction of sp³-hybridized carbons (Fsp3) is 0.400. The molecule has 2 nitrogen and oxygen atoms in total. The van der Waals surface area contributed by atoms with Gasteiger partial charge < -0.3 is 0 Å². The first kappa shape index (κ1) is 6.25. The molecule has 0 saturated carbocycles. The molecule has 0 amide bonds. The van der Waals surface area contributed by atoms with Gasteiger partial charge in [-0.3, -0.25) is 0 Å². The topological polar surface area (TPSA) is 26.3 Å². The molecule has 0 spiro atoms. The van der Waals surface area contributed by atoms with Crippen molar-refractivity contribution in [3.05, 3.63) is 6.42 Å². The zero-order valence-corrected chi connectivity index (χ0v) is 4.02. The molecule has 2 heteroatoms. The second kappa shape index (κ2) is 3.44. The summed E-state index contributed by atoms with van der Waals surface area (Å²) < 4.78 is 4.25. The Bertz CT molecular complexity index is 99.1. The molecule has 0 unspecified atom stereocenters. The Hall–Kier alpha value is -0.750. The van der Waals surface area contributed by atoms with Crippen LogP contribution in [0.2, 0.25) is 0 Å². The van der Waals surface area contributed by atoms with E-state index in [4.69, 9.17) is 6.42 Å². The van der Waals surface area contributed by atoms with Crippen LogP contribution in [0.25, 0.3) is 0 Å². The molecule has 0 aromatic rings. The molecule has 0 aromatic carbocycles. The average Bonchev–Trinajstić information content (AvgIpc) is 1.68. The van der Waals surface area contributed by atoms with Gasteiger partial charge in [0.1, 0.15) is 0 Å². The molecule has 7 heavy (non-hydrogen) atoms. The Labute approximate surface area is 42.5 Å². The third kappa shape index (κ3) is 3.07. The first-order valence-electron chi connectivity index (χ1n) is 1.90. The number of carbonyl (C=O) groups excluding carboxylic acids is 1. The third-order valence-electron chi connectivity index (χ3n) is 0.377. The zero-order valence-electron chi connectivity index (χ0n) is 4.02. The Kier molecular flexibility index (Phi) is 3.07. The molecule has 0 heterocycles. The van der Waals surface area contributed by atoms with Gasteiger partial charge in [0.2, 0.25) is 0 Å². The van der Waals surface area contributed by atoms with Crippen molar-refractivity contribution in [3.8, 4) is 5.92 Å². The number of rotatable bonds is 1. The van der Waals surface area contributed by atoms with Crippen LogP contribution in [-0.4, -0.2) is 12.6 Å². The van der Waals surface area contributed by atoms with Gasteiger partial charge in [0.15, 0.2) is 0 Å². The third-order valence-corrected chi connectivity index (χ3v) is 0.377. The maximum atomic E-state index is 9.89. The molecule has 0 atom stereocenters. The fourth-order valence-electron chi connectivity index (χ4n) is 0.167. The van der Waals surface area contributed by atoms with Crippen molar-refractivity contribution in [1.29, 1.82) is 0 Å². The van der Waals surface area contributed by atoms with E-state index in [1.54, 1.807) is 12.8 Å². The van der Waals surface area contributed by atoms with Crippen LogP contribution < -0.4 is 0 Å². The number of esters is 1. The molecule has 0 aliphatic carbocycles. The molecular weight excluding hydrogens is 92.1 g/mol. The quantitative estimate of drug-likeness (QED) is 0.264. The molecule has 0 aliphatic rings. The standard InChI is InChI=1S/C5H5O2/c1-3-5(6)7-4-2/h4H2,2H3/q+1. The van der Waals surface area contributed by atoms with Crippen LogP contribution in [0.15, 0.2) is 0 Å². The molecule has 0 saturated heterocycles. The van der Waals surface area contributed by atoms with Crippen molar-refractivity contribution < 1.29 is 9.53 Å².